The Bertz CT molecular complexity index is 536. The van der Waals surface area contributed by atoms with Gasteiger partial charge in [-0.2, -0.15) is 0 Å². The van der Waals surface area contributed by atoms with E-state index in [9.17, 15) is 8.42 Å². The minimum absolute atomic E-state index is 0.252. The van der Waals surface area contributed by atoms with Crippen LogP contribution in [0.25, 0.3) is 0 Å². The summed E-state index contributed by atoms with van der Waals surface area (Å²) in [6, 6.07) is 0. The lowest BCUT2D eigenvalue weighted by Gasteiger charge is -2.25. The molecular formula is C15H27N3O3S. The molecule has 2 heterocycles. The third kappa shape index (κ3) is 5.07. The van der Waals surface area contributed by atoms with Gasteiger partial charge in [0.2, 0.25) is 10.0 Å². The minimum atomic E-state index is -3.06. The lowest BCUT2D eigenvalue weighted by Crippen LogP contribution is -2.37. The Hall–Kier alpha value is -0.920. The summed E-state index contributed by atoms with van der Waals surface area (Å²) < 4.78 is 33.6. The second-order valence-corrected chi connectivity index (χ2v) is 7.75. The van der Waals surface area contributed by atoms with Crippen molar-refractivity contribution in [2.45, 2.75) is 52.2 Å². The van der Waals surface area contributed by atoms with Crippen molar-refractivity contribution in [1.29, 1.82) is 0 Å². The molecule has 0 bridgehead atoms. The fraction of sp³-hybridized carbons (Fsp3) is 0.800. The van der Waals surface area contributed by atoms with Crippen molar-refractivity contribution in [3.8, 4) is 0 Å². The molecule has 0 atom stereocenters. The number of sulfonamides is 1. The van der Waals surface area contributed by atoms with Gasteiger partial charge >= 0.3 is 0 Å². The smallest absolute Gasteiger partial charge is 0.214 e. The van der Waals surface area contributed by atoms with Crippen LogP contribution in [0.2, 0.25) is 0 Å². The zero-order chi connectivity index (χ0) is 15.8. The number of ether oxygens (including phenoxy) is 1. The van der Waals surface area contributed by atoms with E-state index < -0.39 is 10.0 Å². The van der Waals surface area contributed by atoms with E-state index in [-0.39, 0.29) is 5.75 Å². The van der Waals surface area contributed by atoms with E-state index in [2.05, 4.69) is 4.98 Å². The number of rotatable bonds is 9. The quantitative estimate of drug-likeness (QED) is 0.650. The van der Waals surface area contributed by atoms with E-state index in [1.54, 1.807) is 10.5 Å². The zero-order valence-corrected chi connectivity index (χ0v) is 14.2. The molecule has 1 saturated heterocycles. The highest BCUT2D eigenvalue weighted by molar-refractivity contribution is 7.89. The van der Waals surface area contributed by atoms with Crippen LogP contribution in [0.1, 0.15) is 44.9 Å². The highest BCUT2D eigenvalue weighted by Gasteiger charge is 2.23. The van der Waals surface area contributed by atoms with Gasteiger partial charge in [-0.1, -0.05) is 6.42 Å². The SMILES string of the molecule is CCOCc1nccn1CCCCS(=O)(=O)N1CCCCC1. The van der Waals surface area contributed by atoms with E-state index in [0.717, 1.165) is 38.1 Å². The van der Waals surface area contributed by atoms with Gasteiger partial charge in [0.25, 0.3) is 0 Å². The van der Waals surface area contributed by atoms with Crippen molar-refractivity contribution in [3.05, 3.63) is 18.2 Å². The summed E-state index contributed by atoms with van der Waals surface area (Å²) in [5.41, 5.74) is 0. The molecule has 7 heteroatoms. The van der Waals surface area contributed by atoms with E-state index in [1.165, 1.54) is 0 Å². The third-order valence-electron chi connectivity index (χ3n) is 4.00. The van der Waals surface area contributed by atoms with Crippen molar-refractivity contribution in [2.75, 3.05) is 25.4 Å². The number of imidazole rings is 1. The zero-order valence-electron chi connectivity index (χ0n) is 13.4. The third-order valence-corrected chi connectivity index (χ3v) is 5.95. The van der Waals surface area contributed by atoms with Gasteiger partial charge in [0.15, 0.2) is 0 Å². The fourth-order valence-corrected chi connectivity index (χ4v) is 4.36. The maximum Gasteiger partial charge on any atom is 0.214 e. The maximum absolute atomic E-state index is 12.2. The maximum atomic E-state index is 12.2. The van der Waals surface area contributed by atoms with Gasteiger partial charge in [0.05, 0.1) is 5.75 Å². The monoisotopic (exact) mass is 329 g/mol. The molecule has 1 aliphatic heterocycles. The largest absolute Gasteiger partial charge is 0.374 e. The number of hydrogen-bond acceptors (Lipinski definition) is 4. The fourth-order valence-electron chi connectivity index (χ4n) is 2.72. The highest BCUT2D eigenvalue weighted by Crippen LogP contribution is 2.14. The Labute approximate surface area is 133 Å². The molecule has 0 radical (unpaired) electrons. The van der Waals surface area contributed by atoms with Gasteiger partial charge in [-0.3, -0.25) is 0 Å². The topological polar surface area (TPSA) is 64.4 Å². The summed E-state index contributed by atoms with van der Waals surface area (Å²) >= 11 is 0. The van der Waals surface area contributed by atoms with E-state index in [1.807, 2.05) is 17.7 Å². The summed E-state index contributed by atoms with van der Waals surface area (Å²) in [5, 5.41) is 0. The molecule has 126 valence electrons. The van der Waals surface area contributed by atoms with E-state index in [4.69, 9.17) is 4.74 Å². The summed E-state index contributed by atoms with van der Waals surface area (Å²) in [7, 11) is -3.06. The molecule has 0 saturated carbocycles. The van der Waals surface area contributed by atoms with Crippen molar-refractivity contribution < 1.29 is 13.2 Å². The molecule has 0 amide bonds. The minimum Gasteiger partial charge on any atom is -0.374 e. The first-order chi connectivity index (χ1) is 10.6. The summed E-state index contributed by atoms with van der Waals surface area (Å²) in [5.74, 6) is 1.16. The van der Waals surface area contributed by atoms with Gasteiger partial charge in [-0.25, -0.2) is 17.7 Å². The molecule has 0 unspecified atom stereocenters. The first-order valence-corrected chi connectivity index (χ1v) is 9.80. The number of piperidine rings is 1. The van der Waals surface area contributed by atoms with Crippen molar-refractivity contribution in [1.82, 2.24) is 13.9 Å². The van der Waals surface area contributed by atoms with Crippen LogP contribution in [0.5, 0.6) is 0 Å². The van der Waals surface area contributed by atoms with Gasteiger partial charge in [-0.15, -0.1) is 0 Å². The number of hydrogen-bond donors (Lipinski definition) is 0. The molecule has 22 heavy (non-hydrogen) atoms. The van der Waals surface area contributed by atoms with Gasteiger partial charge in [-0.05, 0) is 32.6 Å². The van der Waals surface area contributed by atoms with Crippen LogP contribution < -0.4 is 0 Å². The molecule has 6 nitrogen and oxygen atoms in total. The number of nitrogens with zero attached hydrogens (tertiary/aromatic N) is 3. The van der Waals surface area contributed by atoms with Crippen LogP contribution in [0.4, 0.5) is 0 Å². The summed E-state index contributed by atoms with van der Waals surface area (Å²) in [6.45, 7) is 5.32. The Morgan fingerprint density at radius 3 is 2.73 bits per heavy atom. The molecule has 1 aromatic rings. The van der Waals surface area contributed by atoms with Crippen LogP contribution in [0.3, 0.4) is 0 Å². The van der Waals surface area contributed by atoms with Gasteiger partial charge in [0, 0.05) is 38.6 Å². The molecular weight excluding hydrogens is 302 g/mol. The number of unbranched alkanes of at least 4 members (excludes halogenated alkanes) is 1. The van der Waals surface area contributed by atoms with Crippen LogP contribution in [0.15, 0.2) is 12.4 Å². The normalized spacial score (nSPS) is 17.0. The average molecular weight is 329 g/mol. The summed E-state index contributed by atoms with van der Waals surface area (Å²) in [4.78, 5) is 4.27. The molecule has 0 N–H and O–H groups in total. The van der Waals surface area contributed by atoms with E-state index >= 15 is 0 Å². The van der Waals surface area contributed by atoms with Gasteiger partial charge in [0.1, 0.15) is 12.4 Å². The number of aryl methyl sites for hydroxylation is 1. The number of aromatic nitrogens is 2. The lowest BCUT2D eigenvalue weighted by atomic mass is 10.2. The second-order valence-electron chi connectivity index (χ2n) is 5.66. The van der Waals surface area contributed by atoms with Crippen LogP contribution in [-0.4, -0.2) is 47.7 Å². The highest BCUT2D eigenvalue weighted by atomic mass is 32.2. The molecule has 2 rings (SSSR count). The molecule has 1 aliphatic rings. The Kier molecular flexibility index (Phi) is 6.85. The second kappa shape index (κ2) is 8.64. The molecule has 0 aliphatic carbocycles. The van der Waals surface area contributed by atoms with E-state index in [0.29, 0.717) is 32.7 Å². The Morgan fingerprint density at radius 2 is 2.00 bits per heavy atom. The Morgan fingerprint density at radius 1 is 1.23 bits per heavy atom. The van der Waals surface area contributed by atoms with Crippen molar-refractivity contribution in [2.24, 2.45) is 0 Å². The van der Waals surface area contributed by atoms with Gasteiger partial charge < -0.3 is 9.30 Å². The molecule has 1 aromatic heterocycles. The molecule has 0 aromatic carbocycles. The predicted molar refractivity (Wildman–Crippen MR) is 86.0 cm³/mol. The molecule has 1 fully saturated rings. The first-order valence-electron chi connectivity index (χ1n) is 8.19. The van der Waals surface area contributed by atoms with Crippen LogP contribution >= 0.6 is 0 Å². The average Bonchev–Trinajstić information content (AvgIpc) is 2.98. The van der Waals surface area contributed by atoms with Crippen molar-refractivity contribution in [3.63, 3.8) is 0 Å². The summed E-state index contributed by atoms with van der Waals surface area (Å²) in [6.07, 6.45) is 8.35. The van der Waals surface area contributed by atoms with Crippen LogP contribution in [0, 0.1) is 0 Å². The predicted octanol–water partition coefficient (Wildman–Crippen LogP) is 2.02. The standard InChI is InChI=1S/C15H27N3O3S/c1-2-21-14-15-16-8-12-17(15)9-6-7-13-22(19,20)18-10-4-3-5-11-18/h8,12H,2-7,9-11,13-14H2,1H3. The Balaban J connectivity index is 1.73. The van der Waals surface area contributed by atoms with Crippen molar-refractivity contribution >= 4 is 10.0 Å². The first kappa shape index (κ1) is 17.4. The molecule has 0 spiro atoms. The lowest BCUT2D eigenvalue weighted by molar-refractivity contribution is 0.125. The van der Waals surface area contributed by atoms with Crippen LogP contribution in [-0.2, 0) is 27.9 Å².